The van der Waals surface area contributed by atoms with Gasteiger partial charge < -0.3 is 4.57 Å². The van der Waals surface area contributed by atoms with Crippen molar-refractivity contribution in [3.05, 3.63) is 63.8 Å². The predicted octanol–water partition coefficient (Wildman–Crippen LogP) is 5.68. The molecule has 2 unspecified atom stereocenters. The Balaban J connectivity index is 1.72. The maximum atomic E-state index is 13.4. The van der Waals surface area contributed by atoms with E-state index >= 15 is 0 Å². The molecule has 0 bridgehead atoms. The molecule has 1 aliphatic carbocycles. The molecule has 0 saturated heterocycles. The zero-order valence-corrected chi connectivity index (χ0v) is 18.1. The van der Waals surface area contributed by atoms with Crippen molar-refractivity contribution in [1.82, 2.24) is 19.2 Å². The molecule has 6 heteroatoms. The summed E-state index contributed by atoms with van der Waals surface area (Å²) in [5, 5.41) is 6.15. The molecule has 2 atom stereocenters. The van der Waals surface area contributed by atoms with Gasteiger partial charge in [-0.2, -0.15) is 5.10 Å². The number of hydrogen-bond acceptors (Lipinski definition) is 3. The Hall–Kier alpha value is -2.66. The average Bonchev–Trinajstić information content (AvgIpc) is 3.14. The number of hydrogen-bond donors (Lipinski definition) is 0. The fourth-order valence-corrected chi connectivity index (χ4v) is 4.99. The van der Waals surface area contributed by atoms with Crippen molar-refractivity contribution in [3.63, 3.8) is 0 Å². The van der Waals surface area contributed by atoms with Crippen molar-refractivity contribution in [2.45, 2.75) is 52.0 Å². The lowest BCUT2D eigenvalue weighted by Crippen LogP contribution is -2.30. The molecule has 0 radical (unpaired) electrons. The lowest BCUT2D eigenvalue weighted by atomic mass is 9.85. The van der Waals surface area contributed by atoms with Crippen LogP contribution in [0.25, 0.3) is 27.7 Å². The summed E-state index contributed by atoms with van der Waals surface area (Å²) in [6.45, 7) is 4.34. The fourth-order valence-electron chi connectivity index (χ4n) is 4.86. The summed E-state index contributed by atoms with van der Waals surface area (Å²) in [5.41, 5.74) is 4.60. The first-order valence-corrected chi connectivity index (χ1v) is 11.1. The highest BCUT2D eigenvalue weighted by atomic mass is 35.5. The number of halogens is 1. The van der Waals surface area contributed by atoms with Crippen LogP contribution in [0, 0.1) is 5.92 Å². The maximum Gasteiger partial charge on any atom is 0.261 e. The van der Waals surface area contributed by atoms with Gasteiger partial charge >= 0.3 is 0 Å². The normalized spacial score (nSPS) is 19.6. The van der Waals surface area contributed by atoms with Crippen molar-refractivity contribution in [2.24, 2.45) is 5.92 Å². The van der Waals surface area contributed by atoms with E-state index in [1.165, 1.54) is 19.3 Å². The molecule has 3 heterocycles. The number of nitrogens with zero attached hydrogens (tertiary/aromatic N) is 4. The number of fused-ring (bicyclic) bond motifs is 3. The molecule has 30 heavy (non-hydrogen) atoms. The number of pyridine rings is 1. The minimum Gasteiger partial charge on any atom is -0.312 e. The molecule has 1 aromatic carbocycles. The van der Waals surface area contributed by atoms with Crippen LogP contribution in [0.4, 0.5) is 0 Å². The second-order valence-electron chi connectivity index (χ2n) is 8.33. The standard InChI is InChI=1S/C24H25ClN4O/c1-3-19-22(16-8-10-17(25)11-9-16)23-26-14-18-21(29(23)27-19)12-13-28(24(18)30)20-7-5-4-6-15(20)2/h8-15,20H,3-7H2,1-2H3. The van der Waals surface area contributed by atoms with E-state index < -0.39 is 0 Å². The Morgan fingerprint density at radius 1 is 1.13 bits per heavy atom. The van der Waals surface area contributed by atoms with E-state index in [1.54, 1.807) is 6.20 Å². The Labute approximate surface area is 180 Å². The second kappa shape index (κ2) is 7.55. The Kier molecular flexibility index (Phi) is 4.86. The van der Waals surface area contributed by atoms with Gasteiger partial charge in [0.25, 0.3) is 5.56 Å². The topological polar surface area (TPSA) is 52.2 Å². The fraction of sp³-hybridized carbons (Fsp3) is 0.375. The van der Waals surface area contributed by atoms with Crippen molar-refractivity contribution in [1.29, 1.82) is 0 Å². The van der Waals surface area contributed by atoms with Gasteiger partial charge in [-0.05, 0) is 48.9 Å². The van der Waals surface area contributed by atoms with Gasteiger partial charge in [0.15, 0.2) is 5.65 Å². The summed E-state index contributed by atoms with van der Waals surface area (Å²) >= 11 is 6.08. The van der Waals surface area contributed by atoms with Gasteiger partial charge in [-0.3, -0.25) is 4.79 Å². The number of rotatable bonds is 3. The van der Waals surface area contributed by atoms with E-state index in [4.69, 9.17) is 21.7 Å². The summed E-state index contributed by atoms with van der Waals surface area (Å²) in [6.07, 6.45) is 9.12. The van der Waals surface area contributed by atoms with Gasteiger partial charge in [0.05, 0.1) is 16.6 Å². The lowest BCUT2D eigenvalue weighted by molar-refractivity contribution is 0.253. The van der Waals surface area contributed by atoms with Crippen LogP contribution in [-0.2, 0) is 6.42 Å². The van der Waals surface area contributed by atoms with Crippen LogP contribution < -0.4 is 5.56 Å². The number of aryl methyl sites for hydroxylation is 1. The van der Waals surface area contributed by atoms with E-state index in [1.807, 2.05) is 45.6 Å². The maximum absolute atomic E-state index is 13.4. The van der Waals surface area contributed by atoms with E-state index in [-0.39, 0.29) is 11.6 Å². The highest BCUT2D eigenvalue weighted by molar-refractivity contribution is 6.30. The number of benzene rings is 1. The minimum absolute atomic E-state index is 0.0299. The van der Waals surface area contributed by atoms with Crippen molar-refractivity contribution < 1.29 is 0 Å². The smallest absolute Gasteiger partial charge is 0.261 e. The second-order valence-corrected chi connectivity index (χ2v) is 8.77. The van der Waals surface area contributed by atoms with Gasteiger partial charge in [-0.15, -0.1) is 0 Å². The van der Waals surface area contributed by atoms with Gasteiger partial charge in [0, 0.05) is 29.0 Å². The zero-order chi connectivity index (χ0) is 20.8. The largest absolute Gasteiger partial charge is 0.312 e. The predicted molar refractivity (Wildman–Crippen MR) is 121 cm³/mol. The van der Waals surface area contributed by atoms with Gasteiger partial charge in [-0.1, -0.05) is 50.4 Å². The Bertz CT molecular complexity index is 1290. The first kappa shape index (κ1) is 19.3. The van der Waals surface area contributed by atoms with Gasteiger partial charge in [0.1, 0.15) is 0 Å². The van der Waals surface area contributed by atoms with E-state index in [0.29, 0.717) is 16.3 Å². The molecule has 1 aliphatic rings. The van der Waals surface area contributed by atoms with Crippen LogP contribution in [0.5, 0.6) is 0 Å². The summed E-state index contributed by atoms with van der Waals surface area (Å²) in [4.78, 5) is 18.0. The molecule has 5 rings (SSSR count). The minimum atomic E-state index is 0.0299. The van der Waals surface area contributed by atoms with Crippen LogP contribution in [0.1, 0.15) is 51.3 Å². The van der Waals surface area contributed by atoms with E-state index in [0.717, 1.165) is 40.8 Å². The van der Waals surface area contributed by atoms with Crippen molar-refractivity contribution in [2.75, 3.05) is 0 Å². The molecule has 0 aliphatic heterocycles. The van der Waals surface area contributed by atoms with Crippen LogP contribution in [-0.4, -0.2) is 19.2 Å². The molecule has 1 saturated carbocycles. The monoisotopic (exact) mass is 420 g/mol. The molecular formula is C24H25ClN4O. The third kappa shape index (κ3) is 3.03. The molecule has 5 nitrogen and oxygen atoms in total. The van der Waals surface area contributed by atoms with Crippen LogP contribution >= 0.6 is 11.6 Å². The Morgan fingerprint density at radius 3 is 2.63 bits per heavy atom. The van der Waals surface area contributed by atoms with Crippen LogP contribution in [0.2, 0.25) is 5.02 Å². The molecule has 0 amide bonds. The van der Waals surface area contributed by atoms with Crippen molar-refractivity contribution >= 4 is 28.2 Å². The number of aromatic nitrogens is 4. The third-order valence-corrected chi connectivity index (χ3v) is 6.75. The van der Waals surface area contributed by atoms with Gasteiger partial charge in [-0.25, -0.2) is 9.50 Å². The summed E-state index contributed by atoms with van der Waals surface area (Å²) in [7, 11) is 0. The Morgan fingerprint density at radius 2 is 1.90 bits per heavy atom. The van der Waals surface area contributed by atoms with Crippen LogP contribution in [0.15, 0.2) is 47.5 Å². The molecule has 154 valence electrons. The highest BCUT2D eigenvalue weighted by Gasteiger charge is 2.25. The van der Waals surface area contributed by atoms with Crippen LogP contribution in [0.3, 0.4) is 0 Å². The quantitative estimate of drug-likeness (QED) is 0.428. The highest BCUT2D eigenvalue weighted by Crippen LogP contribution is 2.34. The molecule has 0 N–H and O–H groups in total. The van der Waals surface area contributed by atoms with E-state index in [9.17, 15) is 4.79 Å². The molecular weight excluding hydrogens is 396 g/mol. The first-order chi connectivity index (χ1) is 14.6. The lowest BCUT2D eigenvalue weighted by Gasteiger charge is -2.30. The molecule has 3 aromatic heterocycles. The summed E-state index contributed by atoms with van der Waals surface area (Å²) in [5.74, 6) is 0.512. The molecule has 0 spiro atoms. The average molecular weight is 421 g/mol. The SMILES string of the molecule is CCc1nn2c(ncc3c(=O)n(C4CCCCC4C)ccc32)c1-c1ccc(Cl)cc1. The zero-order valence-electron chi connectivity index (χ0n) is 17.3. The molecule has 4 aromatic rings. The first-order valence-electron chi connectivity index (χ1n) is 10.8. The third-order valence-electron chi connectivity index (χ3n) is 6.50. The summed E-state index contributed by atoms with van der Waals surface area (Å²) in [6, 6.07) is 10.0. The molecule has 1 fully saturated rings. The van der Waals surface area contributed by atoms with Gasteiger partial charge in [0.2, 0.25) is 0 Å². The van der Waals surface area contributed by atoms with Crippen molar-refractivity contribution in [3.8, 4) is 11.1 Å². The van der Waals surface area contributed by atoms with E-state index in [2.05, 4.69) is 13.8 Å². The summed E-state index contributed by atoms with van der Waals surface area (Å²) < 4.78 is 3.75.